The molecule has 1 aliphatic heterocycles. The van der Waals surface area contributed by atoms with E-state index in [1.807, 2.05) is 5.01 Å². The summed E-state index contributed by atoms with van der Waals surface area (Å²) in [6, 6.07) is 0. The first-order valence-electron chi connectivity index (χ1n) is 4.02. The summed E-state index contributed by atoms with van der Waals surface area (Å²) in [4.78, 5) is 10.0. The molecule has 1 fully saturated rings. The number of carbonyl (C=O) groups excluding carboxylic acids is 1. The number of hydrogen-bond acceptors (Lipinski definition) is 3. The zero-order valence-corrected chi connectivity index (χ0v) is 7.13. The summed E-state index contributed by atoms with van der Waals surface area (Å²) >= 11 is 0. The van der Waals surface area contributed by atoms with Crippen molar-refractivity contribution in [2.45, 2.75) is 38.6 Å². The average Bonchev–Trinajstić information content (AvgIpc) is 1.94. The molecule has 0 aliphatic carbocycles. The van der Waals surface area contributed by atoms with Crippen molar-refractivity contribution in [2.75, 3.05) is 6.54 Å². The summed E-state index contributed by atoms with van der Waals surface area (Å²) in [5.41, 5.74) is 0.0513. The SMILES string of the molecule is CC1(C)CCCCN1N=C=O. The summed E-state index contributed by atoms with van der Waals surface area (Å²) in [6.07, 6.45) is 5.07. The van der Waals surface area contributed by atoms with Gasteiger partial charge in [-0.3, -0.25) is 5.01 Å². The Labute approximate surface area is 67.1 Å². The Balaban J connectivity index is 2.66. The molecule has 0 aromatic carbocycles. The van der Waals surface area contributed by atoms with E-state index in [1.54, 1.807) is 6.08 Å². The highest BCUT2D eigenvalue weighted by Crippen LogP contribution is 2.26. The van der Waals surface area contributed by atoms with E-state index in [0.717, 1.165) is 19.4 Å². The Morgan fingerprint density at radius 3 is 2.73 bits per heavy atom. The second kappa shape index (κ2) is 3.05. The Morgan fingerprint density at radius 1 is 1.45 bits per heavy atom. The monoisotopic (exact) mass is 154 g/mol. The molecular weight excluding hydrogens is 140 g/mol. The Kier molecular flexibility index (Phi) is 2.30. The summed E-state index contributed by atoms with van der Waals surface area (Å²) < 4.78 is 0. The molecule has 0 spiro atoms. The molecule has 0 radical (unpaired) electrons. The van der Waals surface area contributed by atoms with E-state index < -0.39 is 0 Å². The Morgan fingerprint density at radius 2 is 2.18 bits per heavy atom. The topological polar surface area (TPSA) is 32.7 Å². The fourth-order valence-electron chi connectivity index (χ4n) is 1.49. The number of piperidine rings is 1. The van der Waals surface area contributed by atoms with E-state index in [-0.39, 0.29) is 5.54 Å². The van der Waals surface area contributed by atoms with Crippen LogP contribution >= 0.6 is 0 Å². The molecule has 3 nitrogen and oxygen atoms in total. The molecule has 0 aromatic rings. The van der Waals surface area contributed by atoms with Crippen molar-refractivity contribution in [1.29, 1.82) is 0 Å². The van der Waals surface area contributed by atoms with E-state index in [1.165, 1.54) is 6.42 Å². The van der Waals surface area contributed by atoms with Crippen molar-refractivity contribution in [3.05, 3.63) is 0 Å². The molecule has 0 N–H and O–H groups in total. The molecule has 1 saturated heterocycles. The van der Waals surface area contributed by atoms with Crippen LogP contribution < -0.4 is 0 Å². The standard InChI is InChI=1S/C8H14N2O/c1-8(2)5-3-4-6-10(8)9-7-11/h3-6H2,1-2H3. The predicted molar refractivity (Wildman–Crippen MR) is 42.8 cm³/mol. The second-order valence-corrected chi connectivity index (χ2v) is 3.58. The molecular formula is C8H14N2O. The lowest BCUT2D eigenvalue weighted by Gasteiger charge is -2.39. The van der Waals surface area contributed by atoms with Crippen molar-refractivity contribution in [3.8, 4) is 0 Å². The third kappa shape index (κ3) is 1.81. The van der Waals surface area contributed by atoms with Gasteiger partial charge in [0.25, 0.3) is 6.08 Å². The molecule has 62 valence electrons. The van der Waals surface area contributed by atoms with Gasteiger partial charge in [0.15, 0.2) is 0 Å². The number of hydrazone groups is 1. The highest BCUT2D eigenvalue weighted by molar-refractivity contribution is 5.32. The smallest absolute Gasteiger partial charge is 0.258 e. The van der Waals surface area contributed by atoms with Crippen LogP contribution in [0.15, 0.2) is 5.10 Å². The molecule has 0 saturated carbocycles. The molecule has 0 unspecified atom stereocenters. The zero-order chi connectivity index (χ0) is 8.32. The predicted octanol–water partition coefficient (Wildman–Crippen LogP) is 1.50. The first-order chi connectivity index (χ1) is 5.17. The van der Waals surface area contributed by atoms with Crippen LogP contribution in [-0.2, 0) is 4.79 Å². The lowest BCUT2D eigenvalue weighted by Crippen LogP contribution is -2.43. The highest BCUT2D eigenvalue weighted by atomic mass is 16.1. The summed E-state index contributed by atoms with van der Waals surface area (Å²) in [5, 5.41) is 5.50. The van der Waals surface area contributed by atoms with Gasteiger partial charge in [-0.25, -0.2) is 4.79 Å². The first kappa shape index (κ1) is 8.28. The highest BCUT2D eigenvalue weighted by Gasteiger charge is 2.28. The fourth-order valence-corrected chi connectivity index (χ4v) is 1.49. The number of rotatable bonds is 1. The van der Waals surface area contributed by atoms with Crippen LogP contribution in [0.25, 0.3) is 0 Å². The third-order valence-electron chi connectivity index (χ3n) is 2.27. The minimum atomic E-state index is 0.0513. The minimum absolute atomic E-state index is 0.0513. The fraction of sp³-hybridized carbons (Fsp3) is 0.875. The summed E-state index contributed by atoms with van der Waals surface area (Å²) in [7, 11) is 0. The van der Waals surface area contributed by atoms with E-state index in [0.29, 0.717) is 0 Å². The molecule has 0 aromatic heterocycles. The largest absolute Gasteiger partial charge is 0.281 e. The molecule has 0 atom stereocenters. The average molecular weight is 154 g/mol. The van der Waals surface area contributed by atoms with E-state index in [4.69, 9.17) is 0 Å². The van der Waals surface area contributed by atoms with Crippen molar-refractivity contribution in [2.24, 2.45) is 5.10 Å². The van der Waals surface area contributed by atoms with Crippen LogP contribution in [0.4, 0.5) is 0 Å². The van der Waals surface area contributed by atoms with Gasteiger partial charge in [0.1, 0.15) is 0 Å². The van der Waals surface area contributed by atoms with Crippen LogP contribution in [0.3, 0.4) is 0 Å². The van der Waals surface area contributed by atoms with E-state index >= 15 is 0 Å². The molecule has 1 rings (SSSR count). The maximum atomic E-state index is 10.0. The lowest BCUT2D eigenvalue weighted by molar-refractivity contribution is 0.0809. The Hall–Kier alpha value is -0.820. The molecule has 1 aliphatic rings. The van der Waals surface area contributed by atoms with E-state index in [9.17, 15) is 4.79 Å². The molecule has 0 amide bonds. The van der Waals surface area contributed by atoms with Gasteiger partial charge in [0.2, 0.25) is 0 Å². The first-order valence-corrected chi connectivity index (χ1v) is 4.02. The number of isocyanates is 1. The van der Waals surface area contributed by atoms with Gasteiger partial charge in [-0.1, -0.05) is 5.10 Å². The van der Waals surface area contributed by atoms with Crippen LogP contribution in [0.5, 0.6) is 0 Å². The quantitative estimate of drug-likeness (QED) is 0.423. The van der Waals surface area contributed by atoms with Gasteiger partial charge in [-0.15, -0.1) is 0 Å². The van der Waals surface area contributed by atoms with Crippen molar-refractivity contribution in [1.82, 2.24) is 5.01 Å². The minimum Gasteiger partial charge on any atom is -0.281 e. The van der Waals surface area contributed by atoms with Gasteiger partial charge in [0.05, 0.1) is 5.54 Å². The maximum absolute atomic E-state index is 10.0. The summed E-state index contributed by atoms with van der Waals surface area (Å²) in [6.45, 7) is 5.10. The van der Waals surface area contributed by atoms with E-state index in [2.05, 4.69) is 18.9 Å². The number of hydrogen-bond donors (Lipinski definition) is 0. The maximum Gasteiger partial charge on any atom is 0.258 e. The molecule has 3 heteroatoms. The van der Waals surface area contributed by atoms with Crippen molar-refractivity contribution < 1.29 is 4.79 Å². The van der Waals surface area contributed by atoms with Crippen LogP contribution in [0.2, 0.25) is 0 Å². The van der Waals surface area contributed by atoms with Crippen LogP contribution in [0.1, 0.15) is 33.1 Å². The molecule has 1 heterocycles. The van der Waals surface area contributed by atoms with Crippen LogP contribution in [0, 0.1) is 0 Å². The second-order valence-electron chi connectivity index (χ2n) is 3.58. The Bertz CT molecular complexity index is 183. The number of nitrogens with zero attached hydrogens (tertiary/aromatic N) is 2. The summed E-state index contributed by atoms with van der Waals surface area (Å²) in [5.74, 6) is 0. The van der Waals surface area contributed by atoms with Gasteiger partial charge >= 0.3 is 0 Å². The van der Waals surface area contributed by atoms with Gasteiger partial charge < -0.3 is 0 Å². The van der Waals surface area contributed by atoms with Crippen LogP contribution in [-0.4, -0.2) is 23.2 Å². The molecule has 11 heavy (non-hydrogen) atoms. The lowest BCUT2D eigenvalue weighted by atomic mass is 9.92. The third-order valence-corrected chi connectivity index (χ3v) is 2.27. The van der Waals surface area contributed by atoms with Gasteiger partial charge in [-0.2, -0.15) is 0 Å². The van der Waals surface area contributed by atoms with Crippen molar-refractivity contribution >= 4 is 6.08 Å². The zero-order valence-electron chi connectivity index (χ0n) is 7.13. The normalized spacial score (nSPS) is 22.5. The molecule has 0 bridgehead atoms. The van der Waals surface area contributed by atoms with Gasteiger partial charge in [0, 0.05) is 6.54 Å². The van der Waals surface area contributed by atoms with Crippen molar-refractivity contribution in [3.63, 3.8) is 0 Å². The van der Waals surface area contributed by atoms with Gasteiger partial charge in [-0.05, 0) is 33.1 Å².